The molecule has 1 aromatic carbocycles. The number of hydrogen-bond donors (Lipinski definition) is 2. The summed E-state index contributed by atoms with van der Waals surface area (Å²) in [4.78, 5) is 21.2. The summed E-state index contributed by atoms with van der Waals surface area (Å²) in [5.74, 6) is 0.997. The van der Waals surface area contributed by atoms with Crippen molar-refractivity contribution >= 4 is 53.1 Å². The van der Waals surface area contributed by atoms with Crippen LogP contribution < -0.4 is 15.5 Å². The van der Waals surface area contributed by atoms with E-state index >= 15 is 0 Å². The standard InChI is InChI=1S/C21H32ClN5O.HI/c1-23-20(24-15-21(10-4-5-11-21)19(28)26(2)3)25-17-9-12-27(14-17)18-8-6-7-16(22)13-18;/h6-8,13,17H,4-5,9-12,14-15H2,1-3H3,(H2,23,24,25);1H. The summed E-state index contributed by atoms with van der Waals surface area (Å²) in [7, 11) is 5.48. The molecule has 1 unspecified atom stereocenters. The summed E-state index contributed by atoms with van der Waals surface area (Å²) in [5, 5.41) is 7.72. The van der Waals surface area contributed by atoms with Crippen LogP contribution >= 0.6 is 35.6 Å². The van der Waals surface area contributed by atoms with Crippen LogP contribution in [0, 0.1) is 5.41 Å². The molecule has 29 heavy (non-hydrogen) atoms. The Morgan fingerprint density at radius 3 is 2.69 bits per heavy atom. The molecule has 162 valence electrons. The van der Waals surface area contributed by atoms with Crippen molar-refractivity contribution in [3.05, 3.63) is 29.3 Å². The smallest absolute Gasteiger partial charge is 0.230 e. The fourth-order valence-corrected chi connectivity index (χ4v) is 4.60. The molecule has 3 rings (SSSR count). The molecular weight excluding hydrogens is 501 g/mol. The highest BCUT2D eigenvalue weighted by Crippen LogP contribution is 2.38. The van der Waals surface area contributed by atoms with E-state index in [2.05, 4.69) is 26.6 Å². The summed E-state index contributed by atoms with van der Waals surface area (Å²) >= 11 is 6.13. The molecule has 0 spiro atoms. The molecule has 6 nitrogen and oxygen atoms in total. The Kier molecular flexibility index (Phi) is 8.88. The Morgan fingerprint density at radius 2 is 2.07 bits per heavy atom. The highest BCUT2D eigenvalue weighted by atomic mass is 127. The molecule has 1 heterocycles. The van der Waals surface area contributed by atoms with E-state index in [1.807, 2.05) is 32.3 Å². The quantitative estimate of drug-likeness (QED) is 0.346. The highest BCUT2D eigenvalue weighted by Gasteiger charge is 2.42. The summed E-state index contributed by atoms with van der Waals surface area (Å²) < 4.78 is 0. The molecule has 1 saturated carbocycles. The van der Waals surface area contributed by atoms with Crippen LogP contribution in [-0.4, -0.2) is 63.6 Å². The van der Waals surface area contributed by atoms with Gasteiger partial charge in [-0.3, -0.25) is 9.79 Å². The van der Waals surface area contributed by atoms with E-state index in [1.165, 1.54) is 0 Å². The zero-order chi connectivity index (χ0) is 20.1. The molecule has 1 aromatic rings. The van der Waals surface area contributed by atoms with Crippen molar-refractivity contribution in [1.82, 2.24) is 15.5 Å². The van der Waals surface area contributed by atoms with Gasteiger partial charge in [0.1, 0.15) is 0 Å². The van der Waals surface area contributed by atoms with Crippen LogP contribution in [0.15, 0.2) is 29.3 Å². The first-order chi connectivity index (χ1) is 13.4. The van der Waals surface area contributed by atoms with E-state index < -0.39 is 0 Å². The molecule has 1 amide bonds. The number of anilines is 1. The molecule has 0 radical (unpaired) electrons. The van der Waals surface area contributed by atoms with E-state index in [0.717, 1.165) is 61.9 Å². The van der Waals surface area contributed by atoms with E-state index in [-0.39, 0.29) is 35.3 Å². The third kappa shape index (κ3) is 5.90. The lowest BCUT2D eigenvalue weighted by Crippen LogP contribution is -2.51. The Labute approximate surface area is 196 Å². The summed E-state index contributed by atoms with van der Waals surface area (Å²) in [6.45, 7) is 2.52. The summed E-state index contributed by atoms with van der Waals surface area (Å²) in [5.41, 5.74) is 0.852. The topological polar surface area (TPSA) is 60.0 Å². The molecule has 8 heteroatoms. The molecule has 0 bridgehead atoms. The second kappa shape index (κ2) is 10.7. The lowest BCUT2D eigenvalue weighted by molar-refractivity contribution is -0.138. The molecule has 2 N–H and O–H groups in total. The predicted octanol–water partition coefficient (Wildman–Crippen LogP) is 3.35. The molecule has 1 aliphatic carbocycles. The number of carbonyl (C=O) groups excluding carboxylic acids is 1. The second-order valence-electron chi connectivity index (χ2n) is 8.17. The average molecular weight is 534 g/mol. The Bertz CT molecular complexity index is 721. The number of nitrogens with one attached hydrogen (secondary N) is 2. The van der Waals surface area contributed by atoms with Gasteiger partial charge in [-0.2, -0.15) is 0 Å². The third-order valence-electron chi connectivity index (χ3n) is 5.94. The molecule has 2 aliphatic rings. The van der Waals surface area contributed by atoms with E-state index in [1.54, 1.807) is 11.9 Å². The zero-order valence-corrected chi connectivity index (χ0v) is 20.7. The fraction of sp³-hybridized carbons (Fsp3) is 0.619. The van der Waals surface area contributed by atoms with Crippen molar-refractivity contribution in [2.24, 2.45) is 10.4 Å². The lowest BCUT2D eigenvalue weighted by atomic mass is 9.84. The molecule has 2 fully saturated rings. The van der Waals surface area contributed by atoms with Gasteiger partial charge in [0.2, 0.25) is 5.91 Å². The molecule has 1 aliphatic heterocycles. The fourth-order valence-electron chi connectivity index (χ4n) is 4.42. The second-order valence-corrected chi connectivity index (χ2v) is 8.61. The van der Waals surface area contributed by atoms with Gasteiger partial charge < -0.3 is 20.4 Å². The first-order valence-electron chi connectivity index (χ1n) is 10.1. The normalized spacial score (nSPS) is 20.9. The van der Waals surface area contributed by atoms with Gasteiger partial charge in [-0.1, -0.05) is 30.5 Å². The minimum atomic E-state index is -0.302. The summed E-state index contributed by atoms with van der Waals surface area (Å²) in [6.07, 6.45) is 5.16. The zero-order valence-electron chi connectivity index (χ0n) is 17.6. The van der Waals surface area contributed by atoms with Gasteiger partial charge in [0.15, 0.2) is 5.96 Å². The average Bonchev–Trinajstić information content (AvgIpc) is 3.35. The van der Waals surface area contributed by atoms with Crippen LogP contribution in [-0.2, 0) is 4.79 Å². The first-order valence-corrected chi connectivity index (χ1v) is 10.5. The number of amides is 1. The maximum absolute atomic E-state index is 12.7. The van der Waals surface area contributed by atoms with Crippen molar-refractivity contribution in [3.8, 4) is 0 Å². The molecular formula is C21H33ClIN5O. The summed E-state index contributed by atoms with van der Waals surface area (Å²) in [6, 6.07) is 8.30. The van der Waals surface area contributed by atoms with Crippen LogP contribution in [0.25, 0.3) is 0 Å². The number of aliphatic imine (C=N–C) groups is 1. The minimum Gasteiger partial charge on any atom is -0.369 e. The molecule has 1 atom stereocenters. The maximum Gasteiger partial charge on any atom is 0.230 e. The predicted molar refractivity (Wildman–Crippen MR) is 132 cm³/mol. The number of guanidine groups is 1. The Hall–Kier alpha value is -1.22. The van der Waals surface area contributed by atoms with Gasteiger partial charge in [-0.05, 0) is 37.5 Å². The molecule has 0 aromatic heterocycles. The Balaban J connectivity index is 0.00000300. The molecule has 1 saturated heterocycles. The number of carbonyl (C=O) groups is 1. The highest BCUT2D eigenvalue weighted by molar-refractivity contribution is 14.0. The SMILES string of the molecule is CN=C(NCC1(C(=O)N(C)C)CCCC1)NC1CCN(c2cccc(Cl)c2)C1.I. The van der Waals surface area contributed by atoms with Crippen molar-refractivity contribution < 1.29 is 4.79 Å². The number of halogens is 2. The van der Waals surface area contributed by atoms with Gasteiger partial charge in [-0.25, -0.2) is 0 Å². The minimum absolute atomic E-state index is 0. The van der Waals surface area contributed by atoms with Gasteiger partial charge in [0, 0.05) is 57.5 Å². The van der Waals surface area contributed by atoms with E-state index in [0.29, 0.717) is 12.6 Å². The van der Waals surface area contributed by atoms with E-state index in [9.17, 15) is 4.79 Å². The van der Waals surface area contributed by atoms with Crippen molar-refractivity contribution in [1.29, 1.82) is 0 Å². The van der Waals surface area contributed by atoms with Crippen LogP contribution in [0.3, 0.4) is 0 Å². The van der Waals surface area contributed by atoms with Gasteiger partial charge in [0.25, 0.3) is 0 Å². The number of rotatable bonds is 5. The van der Waals surface area contributed by atoms with Crippen molar-refractivity contribution in [2.45, 2.75) is 38.1 Å². The van der Waals surface area contributed by atoms with Gasteiger partial charge >= 0.3 is 0 Å². The third-order valence-corrected chi connectivity index (χ3v) is 6.18. The van der Waals surface area contributed by atoms with Crippen LogP contribution in [0.2, 0.25) is 5.02 Å². The number of nitrogens with zero attached hydrogens (tertiary/aromatic N) is 3. The number of hydrogen-bond acceptors (Lipinski definition) is 3. The number of benzene rings is 1. The van der Waals surface area contributed by atoms with Gasteiger partial charge in [-0.15, -0.1) is 24.0 Å². The van der Waals surface area contributed by atoms with Crippen LogP contribution in [0.1, 0.15) is 32.1 Å². The van der Waals surface area contributed by atoms with Crippen molar-refractivity contribution in [2.75, 3.05) is 45.7 Å². The van der Waals surface area contributed by atoms with E-state index in [4.69, 9.17) is 11.6 Å². The Morgan fingerprint density at radius 1 is 1.34 bits per heavy atom. The lowest BCUT2D eigenvalue weighted by Gasteiger charge is -2.31. The van der Waals surface area contributed by atoms with Crippen molar-refractivity contribution in [3.63, 3.8) is 0 Å². The van der Waals surface area contributed by atoms with Gasteiger partial charge in [0.05, 0.1) is 5.41 Å². The monoisotopic (exact) mass is 533 g/mol. The first kappa shape index (κ1) is 24.1. The maximum atomic E-state index is 12.7. The largest absolute Gasteiger partial charge is 0.369 e. The van der Waals surface area contributed by atoms with Crippen LogP contribution in [0.5, 0.6) is 0 Å². The van der Waals surface area contributed by atoms with Crippen LogP contribution in [0.4, 0.5) is 5.69 Å².